The number of fused-ring (bicyclic) bond motifs is 1. The van der Waals surface area contributed by atoms with E-state index in [1.165, 1.54) is 11.1 Å². The molecule has 0 bridgehead atoms. The highest BCUT2D eigenvalue weighted by Gasteiger charge is 2.08. The van der Waals surface area contributed by atoms with Crippen LogP contribution < -0.4 is 5.73 Å². The van der Waals surface area contributed by atoms with Crippen LogP contribution in [0.1, 0.15) is 22.5 Å². The Balaban J connectivity index is 1.86. The van der Waals surface area contributed by atoms with Gasteiger partial charge in [0.2, 0.25) is 0 Å². The van der Waals surface area contributed by atoms with Crippen molar-refractivity contribution in [2.24, 2.45) is 0 Å². The van der Waals surface area contributed by atoms with Crippen LogP contribution in [-0.4, -0.2) is 14.6 Å². The van der Waals surface area contributed by atoms with Gasteiger partial charge < -0.3 is 5.73 Å². The van der Waals surface area contributed by atoms with Gasteiger partial charge in [-0.25, -0.2) is 0 Å². The van der Waals surface area contributed by atoms with E-state index in [1.54, 1.807) is 0 Å². The van der Waals surface area contributed by atoms with Crippen LogP contribution >= 0.6 is 0 Å². The lowest BCUT2D eigenvalue weighted by Gasteiger charge is -2.04. The van der Waals surface area contributed by atoms with Crippen molar-refractivity contribution in [3.8, 4) is 0 Å². The van der Waals surface area contributed by atoms with Gasteiger partial charge in [-0.15, -0.1) is 10.2 Å². The Labute approximate surface area is 118 Å². The number of hydrogen-bond acceptors (Lipinski definition) is 3. The molecule has 0 radical (unpaired) electrons. The number of hydrogen-bond donors (Lipinski definition) is 1. The lowest BCUT2D eigenvalue weighted by atomic mass is 10.1. The summed E-state index contributed by atoms with van der Waals surface area (Å²) in [5.41, 5.74) is 11.2. The predicted molar refractivity (Wildman–Crippen MR) is 80.7 cm³/mol. The summed E-state index contributed by atoms with van der Waals surface area (Å²) in [6.45, 7) is 4.10. The number of nitrogens with zero attached hydrogens (tertiary/aromatic N) is 3. The van der Waals surface area contributed by atoms with Gasteiger partial charge in [-0.2, -0.15) is 0 Å². The maximum atomic E-state index is 5.90. The minimum atomic E-state index is 0.742. The highest BCUT2D eigenvalue weighted by Crippen LogP contribution is 2.15. The molecule has 0 saturated heterocycles. The Morgan fingerprint density at radius 3 is 2.55 bits per heavy atom. The zero-order valence-electron chi connectivity index (χ0n) is 11.8. The van der Waals surface area contributed by atoms with Gasteiger partial charge >= 0.3 is 0 Å². The molecule has 2 heterocycles. The zero-order chi connectivity index (χ0) is 14.1. The van der Waals surface area contributed by atoms with Gasteiger partial charge in [0.25, 0.3) is 0 Å². The number of aromatic nitrogens is 3. The van der Waals surface area contributed by atoms with E-state index in [4.69, 9.17) is 5.73 Å². The smallest absolute Gasteiger partial charge is 0.163 e. The molecule has 4 nitrogen and oxygen atoms in total. The first-order valence-electron chi connectivity index (χ1n) is 6.79. The summed E-state index contributed by atoms with van der Waals surface area (Å²) in [5.74, 6) is 0.955. The molecule has 0 saturated carbocycles. The van der Waals surface area contributed by atoms with E-state index in [-0.39, 0.29) is 0 Å². The Hall–Kier alpha value is -2.36. The van der Waals surface area contributed by atoms with E-state index in [2.05, 4.69) is 41.4 Å². The van der Waals surface area contributed by atoms with Crippen molar-refractivity contribution in [3.63, 3.8) is 0 Å². The molecule has 3 aromatic rings. The summed E-state index contributed by atoms with van der Waals surface area (Å²) in [7, 11) is 0. The average molecular weight is 266 g/mol. The first-order valence-corrected chi connectivity index (χ1v) is 6.79. The van der Waals surface area contributed by atoms with Crippen LogP contribution in [-0.2, 0) is 12.8 Å². The quantitative estimate of drug-likeness (QED) is 0.793. The topological polar surface area (TPSA) is 56.2 Å². The maximum Gasteiger partial charge on any atom is 0.163 e. The molecule has 2 aromatic heterocycles. The van der Waals surface area contributed by atoms with Crippen LogP contribution in [0.4, 0.5) is 5.69 Å². The number of benzene rings is 1. The molecule has 20 heavy (non-hydrogen) atoms. The minimum Gasteiger partial charge on any atom is -0.398 e. The fraction of sp³-hybridized carbons (Fsp3) is 0.250. The lowest BCUT2D eigenvalue weighted by Crippen LogP contribution is -2.00. The molecule has 4 heteroatoms. The molecule has 0 amide bonds. The maximum absolute atomic E-state index is 5.90. The second-order valence-electron chi connectivity index (χ2n) is 5.25. The lowest BCUT2D eigenvalue weighted by molar-refractivity contribution is 0.839. The molecule has 1 aromatic carbocycles. The van der Waals surface area contributed by atoms with Gasteiger partial charge in [0.05, 0.1) is 0 Å². The van der Waals surface area contributed by atoms with Crippen LogP contribution in [0.3, 0.4) is 0 Å². The first kappa shape index (κ1) is 12.7. The van der Waals surface area contributed by atoms with Gasteiger partial charge in [-0.1, -0.05) is 29.8 Å². The van der Waals surface area contributed by atoms with Gasteiger partial charge in [0, 0.05) is 18.3 Å². The highest BCUT2D eigenvalue weighted by atomic mass is 15.2. The van der Waals surface area contributed by atoms with Crippen LogP contribution in [0.15, 0.2) is 36.5 Å². The Kier molecular flexibility index (Phi) is 3.14. The number of aryl methyl sites for hydroxylation is 4. The monoisotopic (exact) mass is 266 g/mol. The molecule has 0 fully saturated rings. The largest absolute Gasteiger partial charge is 0.398 e. The van der Waals surface area contributed by atoms with Crippen molar-refractivity contribution in [2.45, 2.75) is 26.7 Å². The second-order valence-corrected chi connectivity index (χ2v) is 5.25. The fourth-order valence-corrected chi connectivity index (χ4v) is 2.41. The molecule has 0 atom stereocenters. The minimum absolute atomic E-state index is 0.742. The summed E-state index contributed by atoms with van der Waals surface area (Å²) in [6, 6.07) is 10.5. The molecule has 3 rings (SSSR count). The second kappa shape index (κ2) is 4.96. The summed E-state index contributed by atoms with van der Waals surface area (Å²) in [6.07, 6.45) is 3.70. The molecule has 102 valence electrons. The molecule has 0 unspecified atom stereocenters. The third-order valence-electron chi connectivity index (χ3n) is 3.54. The standard InChI is InChI=1S/C16H18N4/c1-11-3-5-13(6-4-11)7-8-15-18-19-16-12(2)9-14(17)10-20(15)16/h3-6,9-10H,7-8,17H2,1-2H3. The number of nitrogens with two attached hydrogens (primary N) is 1. The predicted octanol–water partition coefficient (Wildman–Crippen LogP) is 2.71. The molecule has 2 N–H and O–H groups in total. The molecule has 0 aliphatic heterocycles. The Bertz CT molecular complexity index is 741. The molecule has 0 aliphatic rings. The SMILES string of the molecule is Cc1ccc(CCc2nnc3c(C)cc(N)cn23)cc1. The number of anilines is 1. The van der Waals surface area contributed by atoms with Crippen LogP contribution in [0, 0.1) is 13.8 Å². The van der Waals surface area contributed by atoms with Crippen molar-refractivity contribution in [3.05, 3.63) is 59.0 Å². The van der Waals surface area contributed by atoms with Gasteiger partial charge in [-0.3, -0.25) is 4.40 Å². The highest BCUT2D eigenvalue weighted by molar-refractivity contribution is 5.54. The van der Waals surface area contributed by atoms with Crippen molar-refractivity contribution >= 4 is 11.3 Å². The van der Waals surface area contributed by atoms with Gasteiger partial charge in [0.1, 0.15) is 5.82 Å². The van der Waals surface area contributed by atoms with Crippen LogP contribution in [0.25, 0.3) is 5.65 Å². The van der Waals surface area contributed by atoms with E-state index >= 15 is 0 Å². The van der Waals surface area contributed by atoms with Crippen molar-refractivity contribution in [2.75, 3.05) is 5.73 Å². The van der Waals surface area contributed by atoms with Crippen LogP contribution in [0.5, 0.6) is 0 Å². The van der Waals surface area contributed by atoms with Crippen molar-refractivity contribution in [1.82, 2.24) is 14.6 Å². The molecule has 0 aliphatic carbocycles. The summed E-state index contributed by atoms with van der Waals surface area (Å²) >= 11 is 0. The zero-order valence-corrected chi connectivity index (χ0v) is 11.8. The molecular weight excluding hydrogens is 248 g/mol. The van der Waals surface area contributed by atoms with E-state index in [0.29, 0.717) is 0 Å². The summed E-state index contributed by atoms with van der Waals surface area (Å²) < 4.78 is 2.00. The van der Waals surface area contributed by atoms with E-state index in [1.807, 2.05) is 23.6 Å². The number of pyridine rings is 1. The normalized spacial score (nSPS) is 11.1. The summed E-state index contributed by atoms with van der Waals surface area (Å²) in [4.78, 5) is 0. The third-order valence-corrected chi connectivity index (χ3v) is 3.54. The number of rotatable bonds is 3. The number of nitrogen functional groups attached to an aromatic ring is 1. The summed E-state index contributed by atoms with van der Waals surface area (Å²) in [5, 5.41) is 8.53. The van der Waals surface area contributed by atoms with Crippen molar-refractivity contribution < 1.29 is 0 Å². The average Bonchev–Trinajstić information content (AvgIpc) is 2.81. The van der Waals surface area contributed by atoms with E-state index in [0.717, 1.165) is 35.6 Å². The Morgan fingerprint density at radius 1 is 1.05 bits per heavy atom. The first-order chi connectivity index (χ1) is 9.63. The van der Waals surface area contributed by atoms with Crippen LogP contribution in [0.2, 0.25) is 0 Å². The van der Waals surface area contributed by atoms with Gasteiger partial charge in [-0.05, 0) is 37.5 Å². The van der Waals surface area contributed by atoms with E-state index in [9.17, 15) is 0 Å². The van der Waals surface area contributed by atoms with Gasteiger partial charge in [0.15, 0.2) is 5.65 Å². The van der Waals surface area contributed by atoms with Crippen molar-refractivity contribution in [1.29, 1.82) is 0 Å². The Morgan fingerprint density at radius 2 is 1.80 bits per heavy atom. The van der Waals surface area contributed by atoms with E-state index < -0.39 is 0 Å². The molecular formula is C16H18N4. The fourth-order valence-electron chi connectivity index (χ4n) is 2.41. The molecule has 0 spiro atoms. The third kappa shape index (κ3) is 2.37.